The van der Waals surface area contributed by atoms with Gasteiger partial charge < -0.3 is 19.7 Å². The van der Waals surface area contributed by atoms with E-state index in [1.807, 2.05) is 26.0 Å². The Morgan fingerprint density at radius 3 is 2.80 bits per heavy atom. The fourth-order valence-electron chi connectivity index (χ4n) is 3.22. The van der Waals surface area contributed by atoms with Crippen molar-refractivity contribution in [3.63, 3.8) is 0 Å². The maximum absolute atomic E-state index is 12.5. The molecule has 0 bridgehead atoms. The molecule has 1 unspecified atom stereocenters. The van der Waals surface area contributed by atoms with E-state index in [-0.39, 0.29) is 11.2 Å². The molecule has 1 aliphatic rings. The number of para-hydroxylation sites is 1. The Bertz CT molecular complexity index is 823. The summed E-state index contributed by atoms with van der Waals surface area (Å²) in [7, 11) is 0. The normalized spacial score (nSPS) is 15.2. The van der Waals surface area contributed by atoms with Gasteiger partial charge in [0.15, 0.2) is 5.16 Å². The van der Waals surface area contributed by atoms with Crippen molar-refractivity contribution >= 4 is 23.6 Å². The minimum Gasteiger partial charge on any atom is -0.382 e. The summed E-state index contributed by atoms with van der Waals surface area (Å²) < 4.78 is 12.9. The zero-order valence-electron chi connectivity index (χ0n) is 18.0. The van der Waals surface area contributed by atoms with Crippen molar-refractivity contribution in [1.29, 1.82) is 0 Å². The number of benzene rings is 1. The summed E-state index contributed by atoms with van der Waals surface area (Å²) >= 11 is 1.42. The van der Waals surface area contributed by atoms with Gasteiger partial charge in [-0.15, -0.1) is 10.2 Å². The van der Waals surface area contributed by atoms with Crippen molar-refractivity contribution in [2.24, 2.45) is 0 Å². The molecule has 30 heavy (non-hydrogen) atoms. The first-order valence-electron chi connectivity index (χ1n) is 10.5. The number of carbonyl (C=O) groups excluding carboxylic acids is 1. The van der Waals surface area contributed by atoms with E-state index in [0.717, 1.165) is 36.7 Å². The number of ether oxygens (including phenoxy) is 2. The van der Waals surface area contributed by atoms with Gasteiger partial charge in [-0.2, -0.15) is 0 Å². The number of nitrogens with zero attached hydrogens (tertiary/aromatic N) is 4. The first-order valence-corrected chi connectivity index (χ1v) is 11.4. The molecule has 1 atom stereocenters. The smallest absolute Gasteiger partial charge is 0.233 e. The highest BCUT2D eigenvalue weighted by Crippen LogP contribution is 2.30. The number of anilines is 1. The van der Waals surface area contributed by atoms with Gasteiger partial charge in [-0.25, -0.2) is 0 Å². The fourth-order valence-corrected chi connectivity index (χ4v) is 4.10. The number of rotatable bonds is 10. The highest BCUT2D eigenvalue weighted by Gasteiger charge is 2.25. The Hall–Kier alpha value is -2.10. The predicted octanol–water partition coefficient (Wildman–Crippen LogP) is 2.44. The number of aromatic nitrogens is 3. The summed E-state index contributed by atoms with van der Waals surface area (Å²) in [6.45, 7) is 10.8. The van der Waals surface area contributed by atoms with Crippen LogP contribution in [0.4, 0.5) is 5.95 Å². The first kappa shape index (κ1) is 22.6. The Kier molecular flexibility index (Phi) is 8.53. The second kappa shape index (κ2) is 11.3. The molecule has 1 aromatic heterocycles. The van der Waals surface area contributed by atoms with Gasteiger partial charge in [0, 0.05) is 32.8 Å². The molecule has 9 heteroatoms. The van der Waals surface area contributed by atoms with E-state index < -0.39 is 0 Å². The number of aryl methyl sites for hydroxylation is 1. The minimum absolute atomic E-state index is 0.0104. The standard InChI is InChI=1S/C21H31N5O3S/c1-4-28-13-7-10-22-19(27)17(3)30-21-24-23-20(25-11-14-29-15-12-25)26(21)18-9-6-5-8-16(18)2/h5-6,8-9,17H,4,7,10-15H2,1-3H3,(H,22,27). The van der Waals surface area contributed by atoms with Gasteiger partial charge in [0.2, 0.25) is 11.9 Å². The predicted molar refractivity (Wildman–Crippen MR) is 119 cm³/mol. The van der Waals surface area contributed by atoms with E-state index in [1.165, 1.54) is 11.8 Å². The number of thioether (sulfide) groups is 1. The van der Waals surface area contributed by atoms with Crippen molar-refractivity contribution in [3.05, 3.63) is 29.8 Å². The summed E-state index contributed by atoms with van der Waals surface area (Å²) in [5, 5.41) is 12.3. The van der Waals surface area contributed by atoms with Crippen LogP contribution in [0.25, 0.3) is 5.69 Å². The summed E-state index contributed by atoms with van der Waals surface area (Å²) in [5.41, 5.74) is 2.15. The minimum atomic E-state index is -0.290. The average molecular weight is 434 g/mol. The number of carbonyl (C=O) groups is 1. The third-order valence-electron chi connectivity index (χ3n) is 4.89. The topological polar surface area (TPSA) is 81.5 Å². The number of amides is 1. The van der Waals surface area contributed by atoms with Gasteiger partial charge in [0.05, 0.1) is 24.2 Å². The molecule has 1 amide bonds. The second-order valence-corrected chi connectivity index (χ2v) is 8.41. The Labute approximate surface area is 182 Å². The maximum Gasteiger partial charge on any atom is 0.233 e. The van der Waals surface area contributed by atoms with Crippen LogP contribution in [-0.4, -0.2) is 72.0 Å². The van der Waals surface area contributed by atoms with Gasteiger partial charge in [0.1, 0.15) is 0 Å². The monoisotopic (exact) mass is 433 g/mol. The van der Waals surface area contributed by atoms with E-state index in [9.17, 15) is 4.79 Å². The van der Waals surface area contributed by atoms with E-state index in [1.54, 1.807) is 0 Å². The number of morpholine rings is 1. The molecule has 0 aliphatic carbocycles. The van der Waals surface area contributed by atoms with Crippen molar-refractivity contribution in [2.75, 3.05) is 51.0 Å². The molecule has 1 fully saturated rings. The third kappa shape index (κ3) is 5.74. The lowest BCUT2D eigenvalue weighted by atomic mass is 10.2. The molecule has 1 saturated heterocycles. The lowest BCUT2D eigenvalue weighted by Crippen LogP contribution is -2.38. The van der Waals surface area contributed by atoms with E-state index in [0.29, 0.717) is 38.1 Å². The van der Waals surface area contributed by atoms with Gasteiger partial charge in [-0.1, -0.05) is 30.0 Å². The lowest BCUT2D eigenvalue weighted by molar-refractivity contribution is -0.120. The summed E-state index contributed by atoms with van der Waals surface area (Å²) in [6.07, 6.45) is 0.803. The Morgan fingerprint density at radius 1 is 1.30 bits per heavy atom. The van der Waals surface area contributed by atoms with Crippen LogP contribution < -0.4 is 10.2 Å². The summed E-state index contributed by atoms with van der Waals surface area (Å²) in [4.78, 5) is 14.7. The zero-order chi connectivity index (χ0) is 21.3. The quantitative estimate of drug-likeness (QED) is 0.455. The summed E-state index contributed by atoms with van der Waals surface area (Å²) in [6, 6.07) is 8.16. The molecule has 1 aromatic carbocycles. The molecule has 0 radical (unpaired) electrons. The van der Waals surface area contributed by atoms with E-state index in [4.69, 9.17) is 9.47 Å². The molecule has 0 spiro atoms. The van der Waals surface area contributed by atoms with E-state index >= 15 is 0 Å². The summed E-state index contributed by atoms with van der Waals surface area (Å²) in [5.74, 6) is 0.781. The van der Waals surface area contributed by atoms with Crippen LogP contribution in [0.1, 0.15) is 25.8 Å². The SMILES string of the molecule is CCOCCCNC(=O)C(C)Sc1nnc(N2CCOCC2)n1-c1ccccc1C. The van der Waals surface area contributed by atoms with Gasteiger partial charge in [-0.05, 0) is 38.8 Å². The molecule has 164 valence electrons. The van der Waals surface area contributed by atoms with Crippen molar-refractivity contribution in [1.82, 2.24) is 20.1 Å². The highest BCUT2D eigenvalue weighted by atomic mass is 32.2. The molecular formula is C21H31N5O3S. The molecule has 1 aliphatic heterocycles. The van der Waals surface area contributed by atoms with Gasteiger partial charge in [0.25, 0.3) is 0 Å². The molecule has 0 saturated carbocycles. The third-order valence-corrected chi connectivity index (χ3v) is 5.93. The number of hydrogen-bond acceptors (Lipinski definition) is 7. The second-order valence-electron chi connectivity index (χ2n) is 7.11. The zero-order valence-corrected chi connectivity index (χ0v) is 18.8. The average Bonchev–Trinajstić information content (AvgIpc) is 3.17. The van der Waals surface area contributed by atoms with Crippen LogP contribution in [0.15, 0.2) is 29.4 Å². The van der Waals surface area contributed by atoms with Crippen LogP contribution in [0.5, 0.6) is 0 Å². The molecule has 2 aromatic rings. The Balaban J connectivity index is 1.76. The van der Waals surface area contributed by atoms with Crippen LogP contribution in [0, 0.1) is 6.92 Å². The van der Waals surface area contributed by atoms with Crippen LogP contribution in [0.3, 0.4) is 0 Å². The largest absolute Gasteiger partial charge is 0.382 e. The van der Waals surface area contributed by atoms with Crippen molar-refractivity contribution < 1.29 is 14.3 Å². The van der Waals surface area contributed by atoms with Crippen LogP contribution >= 0.6 is 11.8 Å². The molecule has 1 N–H and O–H groups in total. The highest BCUT2D eigenvalue weighted by molar-refractivity contribution is 8.00. The number of hydrogen-bond donors (Lipinski definition) is 1. The Morgan fingerprint density at radius 2 is 2.07 bits per heavy atom. The molecule has 3 rings (SSSR count). The van der Waals surface area contributed by atoms with Crippen LogP contribution in [-0.2, 0) is 14.3 Å². The van der Waals surface area contributed by atoms with Crippen molar-refractivity contribution in [2.45, 2.75) is 37.6 Å². The van der Waals surface area contributed by atoms with Crippen LogP contribution in [0.2, 0.25) is 0 Å². The first-order chi connectivity index (χ1) is 14.6. The van der Waals surface area contributed by atoms with Gasteiger partial charge >= 0.3 is 0 Å². The van der Waals surface area contributed by atoms with E-state index in [2.05, 4.69) is 44.0 Å². The maximum atomic E-state index is 12.5. The number of nitrogens with one attached hydrogen (secondary N) is 1. The molecule has 2 heterocycles. The lowest BCUT2D eigenvalue weighted by Gasteiger charge is -2.28. The molecular weight excluding hydrogens is 402 g/mol. The van der Waals surface area contributed by atoms with Crippen molar-refractivity contribution in [3.8, 4) is 5.69 Å². The molecule has 8 nitrogen and oxygen atoms in total. The fraction of sp³-hybridized carbons (Fsp3) is 0.571. The van der Waals surface area contributed by atoms with Gasteiger partial charge in [-0.3, -0.25) is 9.36 Å².